The van der Waals surface area contributed by atoms with E-state index in [2.05, 4.69) is 6.92 Å². The molecule has 0 aliphatic carbocycles. The molecule has 1 aromatic rings. The topological polar surface area (TPSA) is 76.1 Å². The maximum atomic E-state index is 12.5. The Morgan fingerprint density at radius 1 is 1.28 bits per heavy atom. The molecule has 1 aromatic carbocycles. The van der Waals surface area contributed by atoms with Crippen molar-refractivity contribution >= 4 is 32.2 Å². The van der Waals surface area contributed by atoms with Gasteiger partial charge in [0.1, 0.15) is 0 Å². The quantitative estimate of drug-likeness (QED) is 0.519. The second kappa shape index (κ2) is 8.46. The second-order valence-electron chi connectivity index (χ2n) is 6.38. The Hall–Kier alpha value is -1.19. The van der Waals surface area contributed by atoms with E-state index in [1.807, 2.05) is 6.07 Å². The van der Waals surface area contributed by atoms with Gasteiger partial charge in [-0.25, -0.2) is 0 Å². The summed E-state index contributed by atoms with van der Waals surface area (Å²) in [4.78, 5) is 30.2. The van der Waals surface area contributed by atoms with E-state index in [-0.39, 0.29) is 12.5 Å². The van der Waals surface area contributed by atoms with Crippen LogP contribution < -0.4 is 0 Å². The Balaban J connectivity index is 1.60. The first kappa shape index (κ1) is 18.6. The van der Waals surface area contributed by atoms with Gasteiger partial charge in [0.05, 0.1) is 0 Å². The zero-order chi connectivity index (χ0) is 17.8. The Bertz CT molecular complexity index is 611. The number of nitrogens with zero attached hydrogens (tertiary/aromatic N) is 1. The number of hydroxylamine groups is 2. The molecule has 0 radical (unpaired) electrons. The Labute approximate surface area is 155 Å². The van der Waals surface area contributed by atoms with Crippen LogP contribution in [0.3, 0.4) is 0 Å². The van der Waals surface area contributed by atoms with Gasteiger partial charge >= 0.3 is 155 Å². The number of hydrogen-bond acceptors (Lipinski definition) is 6. The molecule has 0 spiro atoms. The maximum absolute atomic E-state index is 12.5. The molecule has 2 heterocycles. The fourth-order valence-electron chi connectivity index (χ4n) is 2.88. The molecule has 0 amide bonds. The van der Waals surface area contributed by atoms with Crippen LogP contribution in [0.15, 0.2) is 30.3 Å². The average molecular weight is 461 g/mol. The molecule has 0 aromatic heterocycles. The van der Waals surface area contributed by atoms with Gasteiger partial charge in [0.2, 0.25) is 0 Å². The number of rotatable bonds is 6. The van der Waals surface area contributed by atoms with Gasteiger partial charge in [0, 0.05) is 0 Å². The molecule has 25 heavy (non-hydrogen) atoms. The molecular formula is C18H24INO5. The van der Waals surface area contributed by atoms with Gasteiger partial charge in [-0.15, -0.1) is 0 Å². The van der Waals surface area contributed by atoms with E-state index in [0.717, 1.165) is 17.3 Å². The minimum absolute atomic E-state index is 0.130. The summed E-state index contributed by atoms with van der Waals surface area (Å²) >= 11 is -1.58. The molecule has 3 atom stereocenters. The van der Waals surface area contributed by atoms with Crippen LogP contribution in [0.1, 0.15) is 43.0 Å². The predicted molar refractivity (Wildman–Crippen MR) is 101 cm³/mol. The van der Waals surface area contributed by atoms with Gasteiger partial charge < -0.3 is 0 Å². The second-order valence-corrected chi connectivity index (χ2v) is 11.5. The fraction of sp³-hybridized carbons (Fsp3) is 0.556. The number of carbonyl (C=O) groups excluding carboxylic acids is 2. The summed E-state index contributed by atoms with van der Waals surface area (Å²) in [6, 6.07) is 8.01. The molecule has 0 bridgehead atoms. The molecule has 3 rings (SSSR count). The number of benzene rings is 1. The van der Waals surface area contributed by atoms with Crippen LogP contribution in [0.4, 0.5) is 0 Å². The van der Waals surface area contributed by atoms with Crippen molar-refractivity contribution in [2.24, 2.45) is 0 Å². The van der Waals surface area contributed by atoms with Crippen molar-refractivity contribution in [2.45, 2.75) is 48.7 Å². The summed E-state index contributed by atoms with van der Waals surface area (Å²) in [6.07, 6.45) is 2.58. The number of β-amino-alcohol motifs (C(OH)–C–C–N with tert-alkyl or cyclic N) is 1. The Kier molecular flexibility index (Phi) is 6.29. The molecule has 6 nitrogen and oxygen atoms in total. The zero-order valence-electron chi connectivity index (χ0n) is 14.3. The van der Waals surface area contributed by atoms with Crippen LogP contribution >= 0.6 is 20.2 Å². The van der Waals surface area contributed by atoms with Crippen LogP contribution in [-0.4, -0.2) is 49.2 Å². The van der Waals surface area contributed by atoms with Crippen LogP contribution in [0.2, 0.25) is 0 Å². The first-order valence-corrected chi connectivity index (χ1v) is 12.3. The third kappa shape index (κ3) is 4.92. The van der Waals surface area contributed by atoms with Gasteiger partial charge in [-0.1, -0.05) is 0 Å². The number of carbonyl (C=O) groups is 2. The standard InChI is InChI=1S/C18H24INO5/c1-2-6-14-11-19(14)24-18(23)16-10-9-15(21)12-20(16)25-17(22)13-7-4-3-5-8-13/h3-5,7-8,14-16,21H,2,6,9-12H2,1H3/t14?,15-,16-/m0/s1. The molecule has 2 saturated heterocycles. The van der Waals surface area contributed by atoms with Gasteiger partial charge in [-0.3, -0.25) is 0 Å². The van der Waals surface area contributed by atoms with E-state index in [9.17, 15) is 14.7 Å². The van der Waals surface area contributed by atoms with E-state index in [1.165, 1.54) is 5.06 Å². The van der Waals surface area contributed by atoms with E-state index in [0.29, 0.717) is 22.3 Å². The van der Waals surface area contributed by atoms with Crippen LogP contribution in [0.25, 0.3) is 0 Å². The first-order chi connectivity index (χ1) is 12.1. The van der Waals surface area contributed by atoms with Crippen molar-refractivity contribution in [1.82, 2.24) is 5.06 Å². The Morgan fingerprint density at radius 3 is 2.76 bits per heavy atom. The molecule has 2 aliphatic heterocycles. The SMILES string of the molecule is CCCC1CI1OC(=O)[C@@H]1CC[C@H](O)CN1OC(=O)c1ccccc1. The summed E-state index contributed by atoms with van der Waals surface area (Å²) in [5.41, 5.74) is 0.412. The molecular weight excluding hydrogens is 437 g/mol. The molecule has 0 saturated carbocycles. The summed E-state index contributed by atoms with van der Waals surface area (Å²) in [6.45, 7) is 2.27. The summed E-state index contributed by atoms with van der Waals surface area (Å²) < 4.78 is 7.41. The van der Waals surface area contributed by atoms with Crippen molar-refractivity contribution < 1.29 is 22.6 Å². The van der Waals surface area contributed by atoms with Crippen molar-refractivity contribution in [3.8, 4) is 0 Å². The van der Waals surface area contributed by atoms with Crippen molar-refractivity contribution in [3.05, 3.63) is 35.9 Å². The summed E-state index contributed by atoms with van der Waals surface area (Å²) in [5.74, 6) is -0.821. The fourth-order valence-corrected chi connectivity index (χ4v) is 7.69. The number of hydrogen-bond donors (Lipinski definition) is 1. The van der Waals surface area contributed by atoms with Crippen molar-refractivity contribution in [3.63, 3.8) is 0 Å². The molecule has 1 N–H and O–H groups in total. The third-order valence-corrected chi connectivity index (χ3v) is 9.16. The summed E-state index contributed by atoms with van der Waals surface area (Å²) in [7, 11) is 0. The molecule has 2 fully saturated rings. The predicted octanol–water partition coefficient (Wildman–Crippen LogP) is 2.73. The minimum atomic E-state index is -1.58. The van der Waals surface area contributed by atoms with E-state index in [4.69, 9.17) is 7.90 Å². The monoisotopic (exact) mass is 461 g/mol. The van der Waals surface area contributed by atoms with Gasteiger partial charge in [-0.2, -0.15) is 0 Å². The number of aliphatic hydroxyl groups is 1. The van der Waals surface area contributed by atoms with Crippen molar-refractivity contribution in [1.29, 1.82) is 0 Å². The van der Waals surface area contributed by atoms with E-state index >= 15 is 0 Å². The van der Waals surface area contributed by atoms with Gasteiger partial charge in [-0.05, 0) is 0 Å². The first-order valence-electron chi connectivity index (χ1n) is 8.67. The number of piperidine rings is 1. The van der Waals surface area contributed by atoms with Gasteiger partial charge in [0.15, 0.2) is 0 Å². The molecule has 7 heteroatoms. The third-order valence-electron chi connectivity index (χ3n) is 4.33. The average Bonchev–Trinajstić information content (AvgIpc) is 3.33. The van der Waals surface area contributed by atoms with Crippen LogP contribution in [0, 0.1) is 0 Å². The normalized spacial score (nSPS) is 27.6. The van der Waals surface area contributed by atoms with Crippen molar-refractivity contribution in [2.75, 3.05) is 11.0 Å². The van der Waals surface area contributed by atoms with Gasteiger partial charge in [0.25, 0.3) is 0 Å². The van der Waals surface area contributed by atoms with Crippen LogP contribution in [-0.2, 0) is 12.7 Å². The summed E-state index contributed by atoms with van der Waals surface area (Å²) in [5, 5.41) is 11.2. The molecule has 1 unspecified atom stereocenters. The van der Waals surface area contributed by atoms with E-state index < -0.39 is 38.3 Å². The molecule has 2 aliphatic rings. The number of aliphatic hydroxyl groups excluding tert-OH is 1. The number of alkyl halides is 2. The Morgan fingerprint density at radius 2 is 2.04 bits per heavy atom. The molecule has 138 valence electrons. The number of halogens is 1. The van der Waals surface area contributed by atoms with Crippen LogP contribution in [0.5, 0.6) is 0 Å². The van der Waals surface area contributed by atoms with E-state index in [1.54, 1.807) is 24.3 Å². The zero-order valence-corrected chi connectivity index (χ0v) is 16.4.